The Bertz CT molecular complexity index is 869. The van der Waals surface area contributed by atoms with Crippen molar-refractivity contribution in [3.05, 3.63) is 51.9 Å². The first-order chi connectivity index (χ1) is 12.2. The Morgan fingerprint density at radius 3 is 2.69 bits per heavy atom. The molecule has 26 heavy (non-hydrogen) atoms. The van der Waals surface area contributed by atoms with Crippen LogP contribution < -0.4 is 14.7 Å². The number of nitro groups is 1. The predicted molar refractivity (Wildman–Crippen MR) is 95.6 cm³/mol. The van der Waals surface area contributed by atoms with E-state index in [0.717, 1.165) is 6.92 Å². The van der Waals surface area contributed by atoms with Crippen molar-refractivity contribution in [2.24, 2.45) is 0 Å². The van der Waals surface area contributed by atoms with Gasteiger partial charge in [-0.3, -0.25) is 14.9 Å². The van der Waals surface area contributed by atoms with Gasteiger partial charge in [0.15, 0.2) is 5.75 Å². The Morgan fingerprint density at radius 2 is 2.12 bits per heavy atom. The van der Waals surface area contributed by atoms with E-state index in [1.165, 1.54) is 12.1 Å². The van der Waals surface area contributed by atoms with E-state index >= 15 is 0 Å². The van der Waals surface area contributed by atoms with Gasteiger partial charge in [0.25, 0.3) is 5.69 Å². The molecule has 136 valence electrons. The van der Waals surface area contributed by atoms with Gasteiger partial charge in [-0.1, -0.05) is 6.07 Å². The number of pyridine rings is 1. The third-order valence-electron chi connectivity index (χ3n) is 3.90. The average Bonchev–Trinajstić information content (AvgIpc) is 2.59. The maximum atomic E-state index is 12.1. The fourth-order valence-electron chi connectivity index (χ4n) is 2.83. The molecule has 1 amide bonds. The Hall–Kier alpha value is -3.20. The molecule has 9 nitrogen and oxygen atoms in total. The van der Waals surface area contributed by atoms with Crippen LogP contribution >= 0.6 is 0 Å². The Morgan fingerprint density at radius 1 is 1.38 bits per heavy atom. The quantitative estimate of drug-likeness (QED) is 0.612. The molecular weight excluding hydrogens is 340 g/mol. The molecule has 0 saturated heterocycles. The van der Waals surface area contributed by atoms with Gasteiger partial charge in [0, 0.05) is 13.1 Å². The van der Waals surface area contributed by atoms with Crippen LogP contribution in [0, 0.1) is 15.3 Å². The maximum absolute atomic E-state index is 12.1. The van der Waals surface area contributed by atoms with Gasteiger partial charge < -0.3 is 19.9 Å². The van der Waals surface area contributed by atoms with Crippen molar-refractivity contribution in [1.82, 2.24) is 4.98 Å². The number of nitro benzene ring substituents is 1. The number of carbonyl (C=O) groups is 1. The lowest BCUT2D eigenvalue weighted by Gasteiger charge is -2.41. The molecule has 1 aliphatic rings. The number of ether oxygens (including phenoxy) is 1. The third kappa shape index (κ3) is 3.16. The molecule has 0 bridgehead atoms. The maximum Gasteiger partial charge on any atom is 0.296 e. The highest BCUT2D eigenvalue weighted by molar-refractivity contribution is 5.96. The standard InChI is InChI=1S/C17H17N4O5/c1-11(22)20(23)12-8-14-15(9-13(12)21(24)25)26-17(2,3)10-19(14)16-6-4-5-7-18-16/h4-9H,10H2,1-3H3/q-1. The minimum absolute atomic E-state index is 0.00869. The summed E-state index contributed by atoms with van der Waals surface area (Å²) in [5.74, 6) is -0.000925. The number of amides is 1. The SMILES string of the molecule is CC(=O)N([O-])c1cc2c(cc1[N+](=O)[O-])OC(C)(C)CN2c1ccccn1. The molecule has 1 aliphatic heterocycles. The Balaban J connectivity index is 2.22. The minimum atomic E-state index is -0.852. The van der Waals surface area contributed by atoms with Crippen LogP contribution in [0.3, 0.4) is 0 Å². The zero-order chi connectivity index (χ0) is 19.1. The monoisotopic (exact) mass is 357 g/mol. The second kappa shape index (κ2) is 6.26. The van der Waals surface area contributed by atoms with Crippen LogP contribution in [0.5, 0.6) is 5.75 Å². The Labute approximate surface area is 149 Å². The summed E-state index contributed by atoms with van der Waals surface area (Å²) < 4.78 is 5.88. The number of carbonyl (C=O) groups excluding carboxylic acids is 1. The fraction of sp³-hybridized carbons (Fsp3) is 0.294. The topological polar surface area (TPSA) is 112 Å². The number of anilines is 3. The van der Waals surface area contributed by atoms with E-state index < -0.39 is 22.1 Å². The highest BCUT2D eigenvalue weighted by atomic mass is 16.6. The molecule has 9 heteroatoms. The molecule has 0 N–H and O–H groups in total. The lowest BCUT2D eigenvalue weighted by atomic mass is 10.0. The molecule has 0 aliphatic carbocycles. The van der Waals surface area contributed by atoms with E-state index in [1.807, 2.05) is 19.9 Å². The van der Waals surface area contributed by atoms with Crippen LogP contribution in [-0.2, 0) is 4.79 Å². The molecule has 1 aromatic carbocycles. The van der Waals surface area contributed by atoms with E-state index in [2.05, 4.69) is 4.98 Å². The zero-order valence-corrected chi connectivity index (χ0v) is 14.5. The molecule has 0 atom stereocenters. The third-order valence-corrected chi connectivity index (χ3v) is 3.90. The van der Waals surface area contributed by atoms with E-state index in [1.54, 1.807) is 23.2 Å². The molecule has 0 fully saturated rings. The van der Waals surface area contributed by atoms with Crippen molar-refractivity contribution in [3.63, 3.8) is 0 Å². The molecule has 0 spiro atoms. The van der Waals surface area contributed by atoms with Gasteiger partial charge in [-0.05, 0) is 32.0 Å². The molecular formula is C17H17N4O5-. The van der Waals surface area contributed by atoms with Crippen LogP contribution in [0.1, 0.15) is 20.8 Å². The fourth-order valence-corrected chi connectivity index (χ4v) is 2.83. The van der Waals surface area contributed by atoms with Crippen LogP contribution in [-0.4, -0.2) is 28.0 Å². The number of rotatable bonds is 3. The van der Waals surface area contributed by atoms with Gasteiger partial charge in [0.1, 0.15) is 17.1 Å². The smallest absolute Gasteiger partial charge is 0.296 e. The first-order valence-electron chi connectivity index (χ1n) is 7.87. The van der Waals surface area contributed by atoms with Crippen LogP contribution in [0.15, 0.2) is 36.5 Å². The summed E-state index contributed by atoms with van der Waals surface area (Å²) in [5, 5.41) is 23.5. The van der Waals surface area contributed by atoms with Crippen LogP contribution in [0.25, 0.3) is 0 Å². The van der Waals surface area contributed by atoms with Crippen molar-refractivity contribution in [2.45, 2.75) is 26.4 Å². The summed E-state index contributed by atoms with van der Waals surface area (Å²) in [6.07, 6.45) is 1.62. The molecule has 0 saturated carbocycles. The summed E-state index contributed by atoms with van der Waals surface area (Å²) in [5.41, 5.74) is -1.04. The number of benzene rings is 1. The van der Waals surface area contributed by atoms with Crippen molar-refractivity contribution in [1.29, 1.82) is 0 Å². The van der Waals surface area contributed by atoms with Gasteiger partial charge in [-0.25, -0.2) is 4.98 Å². The molecule has 2 aromatic rings. The average molecular weight is 357 g/mol. The summed E-state index contributed by atoms with van der Waals surface area (Å²) in [7, 11) is 0. The van der Waals surface area contributed by atoms with Gasteiger partial charge in [0.2, 0.25) is 5.91 Å². The minimum Gasteiger partial charge on any atom is -0.752 e. The summed E-state index contributed by atoms with van der Waals surface area (Å²) in [4.78, 5) is 28.3. The van der Waals surface area contributed by atoms with Crippen molar-refractivity contribution >= 4 is 28.8 Å². The number of nitrogens with zero attached hydrogens (tertiary/aromatic N) is 4. The number of fused-ring (bicyclic) bond motifs is 1. The van der Waals surface area contributed by atoms with Gasteiger partial charge in [-0.2, -0.15) is 0 Å². The summed E-state index contributed by atoms with van der Waals surface area (Å²) in [6.45, 7) is 5.15. The van der Waals surface area contributed by atoms with Gasteiger partial charge in [0.05, 0.1) is 23.2 Å². The van der Waals surface area contributed by atoms with E-state index in [0.29, 0.717) is 18.1 Å². The van der Waals surface area contributed by atoms with Crippen molar-refractivity contribution in [2.75, 3.05) is 16.5 Å². The number of hydrogen-bond acceptors (Lipinski definition) is 7. The highest BCUT2D eigenvalue weighted by Gasteiger charge is 2.35. The van der Waals surface area contributed by atoms with Crippen LogP contribution in [0.4, 0.5) is 22.9 Å². The highest BCUT2D eigenvalue weighted by Crippen LogP contribution is 2.46. The van der Waals surface area contributed by atoms with Crippen LogP contribution in [0.2, 0.25) is 0 Å². The van der Waals surface area contributed by atoms with Crippen molar-refractivity contribution < 1.29 is 14.5 Å². The van der Waals surface area contributed by atoms with E-state index in [-0.39, 0.29) is 16.5 Å². The normalized spacial score (nSPS) is 15.0. The number of hydrogen-bond donors (Lipinski definition) is 0. The lowest BCUT2D eigenvalue weighted by Crippen LogP contribution is -2.45. The first kappa shape index (κ1) is 17.6. The predicted octanol–water partition coefficient (Wildman–Crippen LogP) is 3.15. The number of hydroxylamine groups is 1. The van der Waals surface area contributed by atoms with Gasteiger partial charge >= 0.3 is 0 Å². The molecule has 0 unspecified atom stereocenters. The summed E-state index contributed by atoms with van der Waals surface area (Å²) >= 11 is 0. The largest absolute Gasteiger partial charge is 0.752 e. The van der Waals surface area contributed by atoms with Crippen molar-refractivity contribution in [3.8, 4) is 5.75 Å². The molecule has 3 rings (SSSR count). The van der Waals surface area contributed by atoms with Gasteiger partial charge in [-0.15, -0.1) is 0 Å². The second-order valence-electron chi connectivity index (χ2n) is 6.51. The second-order valence-corrected chi connectivity index (χ2v) is 6.51. The van der Waals surface area contributed by atoms with E-state index in [4.69, 9.17) is 4.74 Å². The zero-order valence-electron chi connectivity index (χ0n) is 14.5. The molecule has 1 aromatic heterocycles. The Kier molecular flexibility index (Phi) is 4.25. The molecule has 0 radical (unpaired) electrons. The lowest BCUT2D eigenvalue weighted by molar-refractivity contribution is -0.384. The molecule has 2 heterocycles. The summed E-state index contributed by atoms with van der Waals surface area (Å²) in [6, 6.07) is 7.84. The van der Waals surface area contributed by atoms with E-state index in [9.17, 15) is 20.1 Å². The number of aromatic nitrogens is 1. The first-order valence-corrected chi connectivity index (χ1v) is 7.87.